The molecule has 5 nitrogen and oxygen atoms in total. The number of hydrogen-bond acceptors (Lipinski definition) is 3. The second kappa shape index (κ2) is 9.04. The number of aryl methyl sites for hydroxylation is 1. The van der Waals surface area contributed by atoms with Crippen molar-refractivity contribution in [2.75, 3.05) is 32.7 Å². The van der Waals surface area contributed by atoms with Crippen LogP contribution in [0.5, 0.6) is 0 Å². The summed E-state index contributed by atoms with van der Waals surface area (Å²) in [6.45, 7) is 6.29. The first-order valence-electron chi connectivity index (χ1n) is 10.6. The summed E-state index contributed by atoms with van der Waals surface area (Å²) >= 11 is 0. The first-order chi connectivity index (χ1) is 15.3. The summed E-state index contributed by atoms with van der Waals surface area (Å²) in [7, 11) is 0. The number of piperazine rings is 1. The number of carbonyl (C=O) groups is 2. The van der Waals surface area contributed by atoms with E-state index in [4.69, 9.17) is 0 Å². The van der Waals surface area contributed by atoms with Gasteiger partial charge in [-0.05, 0) is 68.4 Å². The van der Waals surface area contributed by atoms with Crippen molar-refractivity contribution in [3.8, 4) is 5.69 Å². The zero-order chi connectivity index (χ0) is 22.8. The molecule has 166 valence electrons. The van der Waals surface area contributed by atoms with Crippen LogP contribution in [0.15, 0.2) is 54.6 Å². The van der Waals surface area contributed by atoms with E-state index in [1.54, 1.807) is 17.0 Å². The fourth-order valence-corrected chi connectivity index (χ4v) is 4.20. The van der Waals surface area contributed by atoms with Gasteiger partial charge in [-0.2, -0.15) is 0 Å². The highest BCUT2D eigenvalue weighted by Gasteiger charge is 2.25. The maximum Gasteiger partial charge on any atom is 0.253 e. The highest BCUT2D eigenvalue weighted by Crippen LogP contribution is 2.22. The van der Waals surface area contributed by atoms with Gasteiger partial charge in [-0.15, -0.1) is 0 Å². The van der Waals surface area contributed by atoms with Crippen molar-refractivity contribution in [3.05, 3.63) is 88.7 Å². The van der Waals surface area contributed by atoms with Crippen LogP contribution in [0.3, 0.4) is 0 Å². The van der Waals surface area contributed by atoms with Gasteiger partial charge in [0.05, 0.1) is 6.54 Å². The van der Waals surface area contributed by atoms with Gasteiger partial charge in [0.1, 0.15) is 11.6 Å². The van der Waals surface area contributed by atoms with Crippen molar-refractivity contribution in [3.63, 3.8) is 0 Å². The molecule has 2 heterocycles. The maximum atomic E-state index is 13.3. The zero-order valence-corrected chi connectivity index (χ0v) is 18.1. The molecule has 0 aliphatic carbocycles. The molecule has 1 amide bonds. The molecule has 0 atom stereocenters. The zero-order valence-electron chi connectivity index (χ0n) is 18.1. The third-order valence-electron chi connectivity index (χ3n) is 5.93. The molecule has 1 aliphatic heterocycles. The molecule has 1 aliphatic rings. The van der Waals surface area contributed by atoms with Crippen molar-refractivity contribution < 1.29 is 18.4 Å². The van der Waals surface area contributed by atoms with Crippen molar-refractivity contribution in [1.82, 2.24) is 14.4 Å². The standard InChI is InChI=1S/C25H25F2N3O2/c1-17-15-23(18(2)30(17)22-9-7-21(27)8-10-22)24(31)16-28-11-13-29(14-12-28)25(32)19-3-5-20(26)6-4-19/h3-10,15H,11-14,16H2,1-2H3. The third-order valence-corrected chi connectivity index (χ3v) is 5.93. The number of rotatable bonds is 5. The van der Waals surface area contributed by atoms with Crippen LogP contribution in [0.1, 0.15) is 32.1 Å². The first-order valence-corrected chi connectivity index (χ1v) is 10.6. The van der Waals surface area contributed by atoms with Gasteiger partial charge in [-0.3, -0.25) is 14.5 Å². The average molecular weight is 437 g/mol. The van der Waals surface area contributed by atoms with E-state index in [9.17, 15) is 18.4 Å². The van der Waals surface area contributed by atoms with Gasteiger partial charge >= 0.3 is 0 Å². The van der Waals surface area contributed by atoms with Gasteiger partial charge < -0.3 is 9.47 Å². The molecule has 7 heteroatoms. The second-order valence-corrected chi connectivity index (χ2v) is 8.10. The van der Waals surface area contributed by atoms with E-state index in [0.29, 0.717) is 37.3 Å². The van der Waals surface area contributed by atoms with Crippen LogP contribution >= 0.6 is 0 Å². The number of carbonyl (C=O) groups excluding carboxylic acids is 2. The molecular weight excluding hydrogens is 412 g/mol. The van der Waals surface area contributed by atoms with Gasteiger partial charge in [0.15, 0.2) is 5.78 Å². The Kier molecular flexibility index (Phi) is 6.19. The minimum Gasteiger partial charge on any atom is -0.336 e. The van der Waals surface area contributed by atoms with Crippen LogP contribution in [0.4, 0.5) is 8.78 Å². The van der Waals surface area contributed by atoms with E-state index in [0.717, 1.165) is 17.1 Å². The molecule has 1 fully saturated rings. The molecule has 0 saturated carbocycles. The number of amides is 1. The summed E-state index contributed by atoms with van der Waals surface area (Å²) in [6, 6.07) is 13.6. The Morgan fingerprint density at radius 3 is 2.00 bits per heavy atom. The Labute approximate surface area is 185 Å². The lowest BCUT2D eigenvalue weighted by molar-refractivity contribution is 0.0624. The molecule has 0 N–H and O–H groups in total. The summed E-state index contributed by atoms with van der Waals surface area (Å²) in [5.74, 6) is -0.781. The Hall–Kier alpha value is -3.32. The lowest BCUT2D eigenvalue weighted by atomic mass is 10.1. The van der Waals surface area contributed by atoms with E-state index < -0.39 is 0 Å². The summed E-state index contributed by atoms with van der Waals surface area (Å²) in [5, 5.41) is 0. The van der Waals surface area contributed by atoms with Crippen molar-refractivity contribution in [2.24, 2.45) is 0 Å². The van der Waals surface area contributed by atoms with Crippen LogP contribution in [0.2, 0.25) is 0 Å². The van der Waals surface area contributed by atoms with E-state index >= 15 is 0 Å². The molecule has 0 unspecified atom stereocenters. The topological polar surface area (TPSA) is 45.6 Å². The number of nitrogens with zero attached hydrogens (tertiary/aromatic N) is 3. The quantitative estimate of drug-likeness (QED) is 0.567. The third kappa shape index (κ3) is 4.48. The Bertz CT molecular complexity index is 1130. The smallest absolute Gasteiger partial charge is 0.253 e. The lowest BCUT2D eigenvalue weighted by Crippen LogP contribution is -2.49. The van der Waals surface area contributed by atoms with Crippen LogP contribution in [0.25, 0.3) is 5.69 Å². The Balaban J connectivity index is 1.39. The molecule has 2 aromatic carbocycles. The maximum absolute atomic E-state index is 13.3. The monoisotopic (exact) mass is 437 g/mol. The predicted molar refractivity (Wildman–Crippen MR) is 118 cm³/mol. The largest absolute Gasteiger partial charge is 0.336 e. The molecule has 1 saturated heterocycles. The van der Waals surface area contributed by atoms with Crippen molar-refractivity contribution in [1.29, 1.82) is 0 Å². The van der Waals surface area contributed by atoms with Gasteiger partial charge in [-0.1, -0.05) is 0 Å². The highest BCUT2D eigenvalue weighted by atomic mass is 19.1. The number of benzene rings is 2. The molecule has 0 spiro atoms. The molecule has 1 aromatic heterocycles. The van der Waals surface area contributed by atoms with Gasteiger partial charge in [0.25, 0.3) is 5.91 Å². The average Bonchev–Trinajstić information content (AvgIpc) is 3.09. The fourth-order valence-electron chi connectivity index (χ4n) is 4.20. The molecular formula is C25H25F2N3O2. The predicted octanol–water partition coefficient (Wildman–Crippen LogP) is 4.01. The minimum atomic E-state index is -0.372. The fraction of sp³-hybridized carbons (Fsp3) is 0.280. The number of Topliss-reactive ketones (excluding diaryl/α,β-unsaturated/α-hetero) is 1. The van der Waals surface area contributed by atoms with E-state index in [-0.39, 0.29) is 29.9 Å². The minimum absolute atomic E-state index is 0.0183. The van der Waals surface area contributed by atoms with E-state index in [1.165, 1.54) is 36.4 Å². The van der Waals surface area contributed by atoms with Crippen LogP contribution in [0, 0.1) is 25.5 Å². The summed E-state index contributed by atoms with van der Waals surface area (Å²) in [4.78, 5) is 29.4. The summed E-state index contributed by atoms with van der Waals surface area (Å²) in [5.41, 5.74) is 3.66. The van der Waals surface area contributed by atoms with Gasteiger partial charge in [0.2, 0.25) is 0 Å². The number of hydrogen-bond donors (Lipinski definition) is 0. The molecule has 0 radical (unpaired) electrons. The van der Waals surface area contributed by atoms with Crippen LogP contribution in [-0.4, -0.2) is 58.8 Å². The molecule has 3 aromatic rings. The van der Waals surface area contributed by atoms with Gasteiger partial charge in [-0.25, -0.2) is 8.78 Å². The Morgan fingerprint density at radius 1 is 0.844 bits per heavy atom. The Morgan fingerprint density at radius 2 is 1.41 bits per heavy atom. The van der Waals surface area contributed by atoms with Crippen LogP contribution in [-0.2, 0) is 0 Å². The van der Waals surface area contributed by atoms with Crippen molar-refractivity contribution >= 4 is 11.7 Å². The highest BCUT2D eigenvalue weighted by molar-refractivity contribution is 5.99. The van der Waals surface area contributed by atoms with E-state index in [1.807, 2.05) is 29.4 Å². The lowest BCUT2D eigenvalue weighted by Gasteiger charge is -2.34. The number of ketones is 1. The van der Waals surface area contributed by atoms with Gasteiger partial charge in [0, 0.05) is 54.4 Å². The molecule has 32 heavy (non-hydrogen) atoms. The summed E-state index contributed by atoms with van der Waals surface area (Å²) in [6.07, 6.45) is 0. The number of halogens is 2. The van der Waals surface area contributed by atoms with E-state index in [2.05, 4.69) is 0 Å². The SMILES string of the molecule is Cc1cc(C(=O)CN2CCN(C(=O)c3ccc(F)cc3)CC2)c(C)n1-c1ccc(F)cc1. The number of aromatic nitrogens is 1. The normalized spacial score (nSPS) is 14.6. The molecule has 4 rings (SSSR count). The molecule has 0 bridgehead atoms. The van der Waals surface area contributed by atoms with Crippen LogP contribution < -0.4 is 0 Å². The second-order valence-electron chi connectivity index (χ2n) is 8.10. The summed E-state index contributed by atoms with van der Waals surface area (Å²) < 4.78 is 28.3. The first kappa shape index (κ1) is 21.9. The van der Waals surface area contributed by atoms with Crippen molar-refractivity contribution in [2.45, 2.75) is 13.8 Å².